The van der Waals surface area contributed by atoms with Crippen molar-refractivity contribution in [2.75, 3.05) is 13.1 Å². The molecule has 0 amide bonds. The Bertz CT molecular complexity index is 779. The highest BCUT2D eigenvalue weighted by Gasteiger charge is 2.24. The van der Waals surface area contributed by atoms with Crippen molar-refractivity contribution in [3.8, 4) is 0 Å². The Hall–Kier alpha value is -1.84. The van der Waals surface area contributed by atoms with E-state index in [2.05, 4.69) is 51.9 Å². The third-order valence-corrected chi connectivity index (χ3v) is 4.58. The van der Waals surface area contributed by atoms with Crippen LogP contribution < -0.4 is 5.32 Å². The van der Waals surface area contributed by atoms with Gasteiger partial charge in [-0.2, -0.15) is 5.10 Å². The maximum Gasteiger partial charge on any atom is 0.0839 e. The van der Waals surface area contributed by atoms with Crippen molar-refractivity contribution in [1.29, 1.82) is 0 Å². The first-order valence-electron chi connectivity index (χ1n) is 7.24. The van der Waals surface area contributed by atoms with E-state index in [0.717, 1.165) is 35.4 Å². The number of rotatable bonds is 1. The van der Waals surface area contributed by atoms with E-state index in [0.29, 0.717) is 5.92 Å². The highest BCUT2D eigenvalue weighted by atomic mass is 35.5. The summed E-state index contributed by atoms with van der Waals surface area (Å²) in [6, 6.07) is 12.7. The van der Waals surface area contributed by atoms with Gasteiger partial charge in [0.15, 0.2) is 0 Å². The van der Waals surface area contributed by atoms with Crippen LogP contribution in [0.4, 0.5) is 0 Å². The number of H-pyrrole nitrogens is 1. The Morgan fingerprint density at radius 1 is 1.19 bits per heavy atom. The van der Waals surface area contributed by atoms with E-state index >= 15 is 0 Å². The lowest BCUT2D eigenvalue weighted by Gasteiger charge is -2.19. The molecule has 0 fully saturated rings. The molecule has 2 aromatic carbocycles. The predicted molar refractivity (Wildman–Crippen MR) is 86.0 cm³/mol. The third-order valence-electron chi connectivity index (χ3n) is 4.29. The predicted octanol–water partition coefficient (Wildman–Crippen LogP) is 3.49. The minimum Gasteiger partial charge on any atom is -0.315 e. The number of aromatic nitrogens is 2. The summed E-state index contributed by atoms with van der Waals surface area (Å²) < 4.78 is 0. The quantitative estimate of drug-likeness (QED) is 0.722. The van der Waals surface area contributed by atoms with Gasteiger partial charge in [-0.25, -0.2) is 0 Å². The molecule has 2 N–H and O–H groups in total. The highest BCUT2D eigenvalue weighted by Crippen LogP contribution is 2.37. The SMILES string of the molecule is Clc1cc2c(c3cn[nH]c13)[C@@H](c1ccccc1)CNCC2. The first-order chi connectivity index (χ1) is 10.3. The molecule has 0 radical (unpaired) electrons. The highest BCUT2D eigenvalue weighted by molar-refractivity contribution is 6.35. The van der Waals surface area contributed by atoms with Gasteiger partial charge in [0.25, 0.3) is 0 Å². The van der Waals surface area contributed by atoms with E-state index in [4.69, 9.17) is 11.6 Å². The van der Waals surface area contributed by atoms with Crippen molar-refractivity contribution in [3.05, 3.63) is 64.3 Å². The fourth-order valence-corrected chi connectivity index (χ4v) is 3.58. The summed E-state index contributed by atoms with van der Waals surface area (Å²) in [5, 5.41) is 12.7. The molecule has 1 atom stereocenters. The number of nitrogens with one attached hydrogen (secondary N) is 2. The minimum absolute atomic E-state index is 0.334. The number of halogens is 1. The second-order valence-electron chi connectivity index (χ2n) is 5.51. The number of hydrogen-bond acceptors (Lipinski definition) is 2. The smallest absolute Gasteiger partial charge is 0.0839 e. The molecule has 2 heterocycles. The molecule has 0 saturated heterocycles. The Morgan fingerprint density at radius 3 is 2.90 bits per heavy atom. The van der Waals surface area contributed by atoms with E-state index in [1.807, 2.05) is 6.20 Å². The molecule has 106 valence electrons. The zero-order valence-corrected chi connectivity index (χ0v) is 12.3. The molecule has 3 nitrogen and oxygen atoms in total. The summed E-state index contributed by atoms with van der Waals surface area (Å²) in [6.07, 6.45) is 2.90. The van der Waals surface area contributed by atoms with E-state index in [1.54, 1.807) is 0 Å². The maximum absolute atomic E-state index is 6.39. The fraction of sp³-hybridized carbons (Fsp3) is 0.235. The molecule has 3 aromatic rings. The van der Waals surface area contributed by atoms with Crippen LogP contribution in [0, 0.1) is 0 Å². The van der Waals surface area contributed by atoms with Gasteiger partial charge in [0.05, 0.1) is 16.7 Å². The fourth-order valence-electron chi connectivity index (χ4n) is 3.31. The van der Waals surface area contributed by atoms with Crippen LogP contribution in [-0.4, -0.2) is 23.3 Å². The van der Waals surface area contributed by atoms with Gasteiger partial charge < -0.3 is 5.32 Å². The molecule has 1 aliphatic heterocycles. The van der Waals surface area contributed by atoms with Gasteiger partial charge in [-0.1, -0.05) is 41.9 Å². The van der Waals surface area contributed by atoms with Gasteiger partial charge >= 0.3 is 0 Å². The van der Waals surface area contributed by atoms with E-state index in [1.165, 1.54) is 16.7 Å². The van der Waals surface area contributed by atoms with Crippen LogP contribution >= 0.6 is 11.6 Å². The van der Waals surface area contributed by atoms with Crippen LogP contribution in [0.2, 0.25) is 5.02 Å². The summed E-state index contributed by atoms with van der Waals surface area (Å²) in [5.41, 5.74) is 4.96. The van der Waals surface area contributed by atoms with Crippen LogP contribution in [0.5, 0.6) is 0 Å². The second kappa shape index (κ2) is 5.17. The molecule has 1 aromatic heterocycles. The number of fused-ring (bicyclic) bond motifs is 3. The van der Waals surface area contributed by atoms with Gasteiger partial charge in [0.1, 0.15) is 0 Å². The Labute approximate surface area is 128 Å². The molecular formula is C17H16ClN3. The largest absolute Gasteiger partial charge is 0.315 e. The van der Waals surface area contributed by atoms with Crippen molar-refractivity contribution >= 4 is 22.5 Å². The zero-order valence-electron chi connectivity index (χ0n) is 11.6. The standard InChI is InChI=1S/C17H16ClN3/c18-15-8-12-6-7-19-9-13(11-4-2-1-3-5-11)16(12)14-10-20-21-17(14)15/h1-5,8,10,13,19H,6-7,9H2,(H,20,21)/t13-/m1/s1. The molecule has 0 unspecified atom stereocenters. The first kappa shape index (κ1) is 12.9. The molecule has 21 heavy (non-hydrogen) atoms. The number of hydrogen-bond donors (Lipinski definition) is 2. The van der Waals surface area contributed by atoms with Crippen molar-refractivity contribution in [2.24, 2.45) is 0 Å². The molecule has 0 bridgehead atoms. The number of benzene rings is 2. The van der Waals surface area contributed by atoms with Crippen LogP contribution in [-0.2, 0) is 6.42 Å². The number of nitrogens with zero attached hydrogens (tertiary/aromatic N) is 1. The maximum atomic E-state index is 6.39. The van der Waals surface area contributed by atoms with Gasteiger partial charge in [0.2, 0.25) is 0 Å². The van der Waals surface area contributed by atoms with E-state index < -0.39 is 0 Å². The molecule has 0 aliphatic carbocycles. The summed E-state index contributed by atoms with van der Waals surface area (Å²) in [7, 11) is 0. The monoisotopic (exact) mass is 297 g/mol. The van der Waals surface area contributed by atoms with Crippen molar-refractivity contribution in [3.63, 3.8) is 0 Å². The first-order valence-corrected chi connectivity index (χ1v) is 7.62. The van der Waals surface area contributed by atoms with E-state index in [-0.39, 0.29) is 0 Å². The van der Waals surface area contributed by atoms with Gasteiger partial charge in [-0.05, 0) is 35.7 Å². The topological polar surface area (TPSA) is 40.7 Å². The average molecular weight is 298 g/mol. The summed E-state index contributed by atoms with van der Waals surface area (Å²) in [4.78, 5) is 0. The van der Waals surface area contributed by atoms with Crippen LogP contribution in [0.25, 0.3) is 10.9 Å². The van der Waals surface area contributed by atoms with Crippen molar-refractivity contribution < 1.29 is 0 Å². The lowest BCUT2D eigenvalue weighted by Crippen LogP contribution is -2.20. The average Bonchev–Trinajstić information content (AvgIpc) is 2.91. The molecule has 4 heteroatoms. The third kappa shape index (κ3) is 2.13. The second-order valence-corrected chi connectivity index (χ2v) is 5.91. The zero-order chi connectivity index (χ0) is 14.2. The van der Waals surface area contributed by atoms with Crippen LogP contribution in [0.1, 0.15) is 22.6 Å². The van der Waals surface area contributed by atoms with Crippen LogP contribution in [0.15, 0.2) is 42.6 Å². The number of aromatic amines is 1. The van der Waals surface area contributed by atoms with Crippen molar-refractivity contribution in [2.45, 2.75) is 12.3 Å². The summed E-state index contributed by atoms with van der Waals surface area (Å²) in [6.45, 7) is 1.93. The Kier molecular flexibility index (Phi) is 3.17. The molecule has 1 aliphatic rings. The lowest BCUT2D eigenvalue weighted by atomic mass is 9.86. The molecular weight excluding hydrogens is 282 g/mol. The summed E-state index contributed by atoms with van der Waals surface area (Å²) >= 11 is 6.39. The van der Waals surface area contributed by atoms with E-state index in [9.17, 15) is 0 Å². The minimum atomic E-state index is 0.334. The molecule has 4 rings (SSSR count). The summed E-state index contributed by atoms with van der Waals surface area (Å²) in [5.74, 6) is 0.334. The lowest BCUT2D eigenvalue weighted by molar-refractivity contribution is 0.666. The van der Waals surface area contributed by atoms with Gasteiger partial charge in [-0.15, -0.1) is 0 Å². The van der Waals surface area contributed by atoms with Gasteiger partial charge in [0, 0.05) is 17.8 Å². The molecule has 0 saturated carbocycles. The van der Waals surface area contributed by atoms with Crippen molar-refractivity contribution in [1.82, 2.24) is 15.5 Å². The Morgan fingerprint density at radius 2 is 2.05 bits per heavy atom. The van der Waals surface area contributed by atoms with Gasteiger partial charge in [-0.3, -0.25) is 5.10 Å². The normalized spacial score (nSPS) is 18.4. The molecule has 0 spiro atoms. The van der Waals surface area contributed by atoms with Crippen LogP contribution in [0.3, 0.4) is 0 Å². The Balaban J connectivity index is 1.99.